The number of hydrogen-bond donors (Lipinski definition) is 0. The van der Waals surface area contributed by atoms with Crippen molar-refractivity contribution in [2.24, 2.45) is 0 Å². The Hall–Kier alpha value is -3.13. The zero-order valence-corrected chi connectivity index (χ0v) is 17.3. The van der Waals surface area contributed by atoms with Crippen LogP contribution in [0.2, 0.25) is 0 Å². The Morgan fingerprint density at radius 1 is 0.690 bits per heavy atom. The van der Waals surface area contributed by atoms with Crippen molar-refractivity contribution in [2.45, 2.75) is 12.1 Å². The molecule has 140 valence electrons. The summed E-state index contributed by atoms with van der Waals surface area (Å²) < 4.78 is 0. The van der Waals surface area contributed by atoms with Gasteiger partial charge in [-0.2, -0.15) is 0 Å². The van der Waals surface area contributed by atoms with Gasteiger partial charge in [-0.05, 0) is 0 Å². The molecule has 0 nitrogen and oxygen atoms in total. The molecule has 29 heavy (non-hydrogen) atoms. The number of rotatable bonds is 4. The fraction of sp³-hybridized carbons (Fsp3) is 0.0714. The summed E-state index contributed by atoms with van der Waals surface area (Å²) in [5, 5.41) is 4.34. The van der Waals surface area contributed by atoms with E-state index in [0.717, 1.165) is 6.42 Å². The quantitative estimate of drug-likeness (QED) is 0.423. The van der Waals surface area contributed by atoms with Crippen molar-refractivity contribution < 1.29 is 0 Å². The van der Waals surface area contributed by atoms with E-state index in [2.05, 4.69) is 121 Å². The molecule has 1 heteroatoms. The molecule has 1 atom stereocenters. The van der Waals surface area contributed by atoms with Gasteiger partial charge in [-0.15, -0.1) is 0 Å². The van der Waals surface area contributed by atoms with Crippen LogP contribution in [-0.4, -0.2) is 5.66 Å². The average Bonchev–Trinajstić information content (AvgIpc) is 2.82. The summed E-state index contributed by atoms with van der Waals surface area (Å²) in [6.07, 6.45) is 9.76. The zero-order valence-electron chi connectivity index (χ0n) is 16.3. The molecule has 0 bridgehead atoms. The predicted octanol–water partition coefficient (Wildman–Crippen LogP) is 5.22. The van der Waals surface area contributed by atoms with E-state index in [9.17, 15) is 0 Å². The van der Waals surface area contributed by atoms with Crippen LogP contribution in [0.5, 0.6) is 0 Å². The summed E-state index contributed by atoms with van der Waals surface area (Å²) in [5.41, 5.74) is 9.70. The summed E-state index contributed by atoms with van der Waals surface area (Å²) in [7, 11) is -2.38. The monoisotopic (exact) mass is 390 g/mol. The van der Waals surface area contributed by atoms with E-state index in [4.69, 9.17) is 0 Å². The molecule has 3 aromatic carbocycles. The minimum atomic E-state index is -2.38. The van der Waals surface area contributed by atoms with Crippen molar-refractivity contribution in [3.05, 3.63) is 138 Å². The van der Waals surface area contributed by atoms with Crippen molar-refractivity contribution in [3.63, 3.8) is 0 Å². The normalized spacial score (nSPS) is 18.0. The Balaban J connectivity index is 1.89. The van der Waals surface area contributed by atoms with Crippen molar-refractivity contribution in [1.29, 1.82) is 0 Å². The van der Waals surface area contributed by atoms with Gasteiger partial charge in [0.05, 0.1) is 0 Å². The molecule has 0 saturated carbocycles. The van der Waals surface area contributed by atoms with Crippen molar-refractivity contribution in [3.8, 4) is 0 Å². The van der Waals surface area contributed by atoms with Gasteiger partial charge in [0.1, 0.15) is 0 Å². The number of benzene rings is 3. The molecule has 1 unspecified atom stereocenters. The summed E-state index contributed by atoms with van der Waals surface area (Å²) in [6.45, 7) is 0. The van der Waals surface area contributed by atoms with E-state index in [1.54, 1.807) is 0 Å². The van der Waals surface area contributed by atoms with Gasteiger partial charge in [0.25, 0.3) is 0 Å². The van der Waals surface area contributed by atoms with Gasteiger partial charge < -0.3 is 0 Å². The fourth-order valence-electron chi connectivity index (χ4n) is 4.90. The molecule has 5 rings (SSSR count). The van der Waals surface area contributed by atoms with E-state index in [1.165, 1.54) is 27.1 Å². The van der Waals surface area contributed by atoms with Crippen LogP contribution in [0.1, 0.15) is 6.42 Å². The molecule has 0 fully saturated rings. The molecule has 0 aliphatic heterocycles. The third-order valence-corrected chi connectivity index (χ3v) is 11.4. The summed E-state index contributed by atoms with van der Waals surface area (Å²) in [4.78, 5) is 0. The van der Waals surface area contributed by atoms with Gasteiger partial charge in [0.2, 0.25) is 0 Å². The number of allylic oxidation sites excluding steroid dienone is 6. The molecule has 0 amide bonds. The first-order valence-electron chi connectivity index (χ1n) is 10.2. The van der Waals surface area contributed by atoms with Crippen LogP contribution in [0.4, 0.5) is 0 Å². The number of fused-ring (bicyclic) bond motifs is 1. The van der Waals surface area contributed by atoms with Crippen LogP contribution < -0.4 is 15.9 Å². The molecule has 0 heterocycles. The first kappa shape index (κ1) is 17.9. The zero-order chi connectivity index (χ0) is 19.5. The second-order valence-corrected chi connectivity index (χ2v) is 11.6. The topological polar surface area (TPSA) is 0 Å². The standard InChI is InChI=1S/C28H23P/c1-4-15-24(16-5-1)29(25-17-6-2-7-18-25,26-19-8-3-9-20-26)28-22-12-14-23-13-10-11-21-27(23)28/h1-10,12-20,28-29H,22H2. The number of hydrogen-bond acceptors (Lipinski definition) is 0. The van der Waals surface area contributed by atoms with Gasteiger partial charge in [-0.25, -0.2) is 0 Å². The molecule has 0 spiro atoms. The second kappa shape index (κ2) is 7.71. The van der Waals surface area contributed by atoms with Crippen molar-refractivity contribution >= 4 is 23.2 Å². The van der Waals surface area contributed by atoms with Crippen LogP contribution in [0.3, 0.4) is 0 Å². The van der Waals surface area contributed by atoms with Crippen molar-refractivity contribution in [1.82, 2.24) is 0 Å². The molecule has 3 aromatic rings. The molecular weight excluding hydrogens is 367 g/mol. The third-order valence-electron chi connectivity index (χ3n) is 6.09. The Morgan fingerprint density at radius 3 is 1.72 bits per heavy atom. The maximum atomic E-state index is 3.51. The average molecular weight is 390 g/mol. The molecule has 0 N–H and O–H groups in total. The van der Waals surface area contributed by atoms with Crippen LogP contribution in [0.15, 0.2) is 138 Å². The van der Waals surface area contributed by atoms with Gasteiger partial charge in [-0.3, -0.25) is 0 Å². The minimum absolute atomic E-state index is 0.368. The first-order chi connectivity index (χ1) is 14.4. The SMILES string of the molecule is C1=C=C2C(=CC=1)C=CCC2[PH](c1ccccc1)(c1ccccc1)c1ccccc1. The molecular formula is C28H23P. The Morgan fingerprint density at radius 2 is 1.21 bits per heavy atom. The van der Waals surface area contributed by atoms with Crippen molar-refractivity contribution in [2.75, 3.05) is 0 Å². The molecule has 0 aromatic heterocycles. The maximum absolute atomic E-state index is 3.51. The van der Waals surface area contributed by atoms with Crippen LogP contribution in [-0.2, 0) is 0 Å². The molecule has 2 aliphatic rings. The summed E-state index contributed by atoms with van der Waals surface area (Å²) in [6, 6.07) is 33.4. The van der Waals surface area contributed by atoms with E-state index in [-0.39, 0.29) is 0 Å². The van der Waals surface area contributed by atoms with E-state index in [0.29, 0.717) is 5.66 Å². The predicted molar refractivity (Wildman–Crippen MR) is 127 cm³/mol. The van der Waals surface area contributed by atoms with E-state index >= 15 is 0 Å². The Labute approximate surface area is 173 Å². The fourth-order valence-corrected chi connectivity index (χ4v) is 10.4. The van der Waals surface area contributed by atoms with E-state index in [1.807, 2.05) is 6.08 Å². The Kier molecular flexibility index (Phi) is 4.77. The first-order valence-corrected chi connectivity index (χ1v) is 12.2. The van der Waals surface area contributed by atoms with Gasteiger partial charge in [0, 0.05) is 0 Å². The summed E-state index contributed by atoms with van der Waals surface area (Å²) >= 11 is 0. The molecule has 2 aliphatic carbocycles. The molecule has 0 saturated heterocycles. The van der Waals surface area contributed by atoms with Gasteiger partial charge in [-0.1, -0.05) is 0 Å². The third kappa shape index (κ3) is 3.00. The molecule has 0 radical (unpaired) electrons. The van der Waals surface area contributed by atoms with Gasteiger partial charge >= 0.3 is 173 Å². The van der Waals surface area contributed by atoms with Crippen LogP contribution >= 0.6 is 7.26 Å². The van der Waals surface area contributed by atoms with Crippen LogP contribution in [0, 0.1) is 0 Å². The van der Waals surface area contributed by atoms with E-state index < -0.39 is 7.26 Å². The second-order valence-electron chi connectivity index (χ2n) is 7.57. The Bertz CT molecular complexity index is 1070. The van der Waals surface area contributed by atoms with Crippen LogP contribution in [0.25, 0.3) is 0 Å². The summed E-state index contributed by atoms with van der Waals surface area (Å²) in [5.74, 6) is 0. The van der Waals surface area contributed by atoms with Gasteiger partial charge in [0.15, 0.2) is 0 Å².